The van der Waals surface area contributed by atoms with Crippen LogP contribution in [-0.2, 0) is 24.1 Å². The lowest BCUT2D eigenvalue weighted by atomic mass is 9.95. The Morgan fingerprint density at radius 1 is 0.864 bits per heavy atom. The molecule has 0 unspecified atom stereocenters. The number of fused-ring (bicyclic) bond motifs is 1. The van der Waals surface area contributed by atoms with Gasteiger partial charge in [0, 0.05) is 44.3 Å². The summed E-state index contributed by atoms with van der Waals surface area (Å²) >= 11 is 0. The van der Waals surface area contributed by atoms with E-state index in [1.54, 1.807) is 0 Å². The van der Waals surface area contributed by atoms with Crippen LogP contribution in [0.3, 0.4) is 0 Å². The average Bonchev–Trinajstić information content (AvgIpc) is 3.00. The van der Waals surface area contributed by atoms with E-state index in [0.29, 0.717) is 19.5 Å². The molecular formula is C37H46N6O. The highest BCUT2D eigenvalue weighted by molar-refractivity contribution is 5.85. The number of amides is 1. The molecule has 4 aromatic rings. The Morgan fingerprint density at radius 2 is 1.61 bits per heavy atom. The van der Waals surface area contributed by atoms with E-state index in [9.17, 15) is 4.79 Å². The predicted molar refractivity (Wildman–Crippen MR) is 182 cm³/mol. The summed E-state index contributed by atoms with van der Waals surface area (Å²) in [5.41, 5.74) is 24.2. The topological polar surface area (TPSA) is 114 Å². The molecule has 7 nitrogen and oxygen atoms in total. The maximum absolute atomic E-state index is 14.1. The molecule has 0 spiro atoms. The van der Waals surface area contributed by atoms with Crippen molar-refractivity contribution in [3.63, 3.8) is 0 Å². The molecule has 44 heavy (non-hydrogen) atoms. The van der Waals surface area contributed by atoms with Gasteiger partial charge in [0.25, 0.3) is 0 Å². The predicted octanol–water partition coefficient (Wildman–Crippen LogP) is 4.36. The second-order valence-corrected chi connectivity index (χ2v) is 12.3. The van der Waals surface area contributed by atoms with E-state index in [1.807, 2.05) is 18.2 Å². The Hall–Kier alpha value is -4.20. The Labute approximate surface area is 261 Å². The third-order valence-electron chi connectivity index (χ3n) is 8.82. The summed E-state index contributed by atoms with van der Waals surface area (Å²) in [5.74, 6) is 0.234. The van der Waals surface area contributed by atoms with E-state index in [4.69, 9.17) is 17.2 Å². The molecular weight excluding hydrogens is 544 g/mol. The maximum Gasteiger partial charge on any atom is 0.227 e. The molecule has 5 rings (SSSR count). The van der Waals surface area contributed by atoms with Gasteiger partial charge in [-0.1, -0.05) is 96.6 Å². The van der Waals surface area contributed by atoms with Gasteiger partial charge in [0.2, 0.25) is 5.91 Å². The highest BCUT2D eigenvalue weighted by atomic mass is 16.2. The first-order chi connectivity index (χ1) is 21.2. The lowest BCUT2D eigenvalue weighted by Crippen LogP contribution is -2.62. The normalized spacial score (nSPS) is 17.8. The lowest BCUT2D eigenvalue weighted by Gasteiger charge is -2.47. The van der Waals surface area contributed by atoms with Crippen LogP contribution in [0.4, 0.5) is 0 Å². The van der Waals surface area contributed by atoms with Crippen LogP contribution in [0.5, 0.6) is 0 Å². The van der Waals surface area contributed by atoms with Crippen LogP contribution in [0.25, 0.3) is 10.8 Å². The first-order valence-corrected chi connectivity index (χ1v) is 15.7. The van der Waals surface area contributed by atoms with Crippen LogP contribution >= 0.6 is 0 Å². The van der Waals surface area contributed by atoms with E-state index in [-0.39, 0.29) is 30.0 Å². The number of benzene rings is 4. The second kappa shape index (κ2) is 14.5. The summed E-state index contributed by atoms with van der Waals surface area (Å²) < 4.78 is 0. The molecule has 0 radical (unpaired) electrons. The van der Waals surface area contributed by atoms with Gasteiger partial charge in [0.05, 0.1) is 6.42 Å². The number of nitrogens with zero attached hydrogens (tertiary/aromatic N) is 3. The quantitative estimate of drug-likeness (QED) is 0.178. The van der Waals surface area contributed by atoms with Crippen LogP contribution in [0.1, 0.15) is 34.2 Å². The van der Waals surface area contributed by atoms with Crippen LogP contribution in [0.15, 0.2) is 96.0 Å². The van der Waals surface area contributed by atoms with Gasteiger partial charge in [-0.3, -0.25) is 14.7 Å². The number of piperazine rings is 1. The Kier molecular flexibility index (Phi) is 10.3. The van der Waals surface area contributed by atoms with Gasteiger partial charge in [-0.05, 0) is 66.1 Å². The van der Waals surface area contributed by atoms with Gasteiger partial charge in [-0.2, -0.15) is 0 Å². The van der Waals surface area contributed by atoms with Crippen LogP contribution in [-0.4, -0.2) is 66.0 Å². The first kappa shape index (κ1) is 31.2. The number of hydrogen-bond donors (Lipinski definition) is 3. The molecule has 1 aliphatic rings. The molecule has 7 heteroatoms. The van der Waals surface area contributed by atoms with Gasteiger partial charge in [0.15, 0.2) is 5.96 Å². The van der Waals surface area contributed by atoms with E-state index < -0.39 is 0 Å². The minimum absolute atomic E-state index is 0.0259. The molecule has 1 saturated heterocycles. The Balaban J connectivity index is 1.38. The number of carbonyl (C=O) groups is 1. The molecule has 0 saturated carbocycles. The highest BCUT2D eigenvalue weighted by Crippen LogP contribution is 2.24. The van der Waals surface area contributed by atoms with Crippen molar-refractivity contribution in [3.05, 3.63) is 119 Å². The fourth-order valence-electron chi connectivity index (χ4n) is 6.56. The Morgan fingerprint density at radius 3 is 2.36 bits per heavy atom. The third-order valence-corrected chi connectivity index (χ3v) is 8.82. The van der Waals surface area contributed by atoms with E-state index in [1.165, 1.54) is 27.6 Å². The number of rotatable bonds is 11. The molecule has 6 N–H and O–H groups in total. The molecule has 1 amide bonds. The zero-order valence-corrected chi connectivity index (χ0v) is 26.0. The summed E-state index contributed by atoms with van der Waals surface area (Å²) in [6.45, 7) is 6.86. The molecule has 3 atom stereocenters. The van der Waals surface area contributed by atoms with Crippen molar-refractivity contribution in [2.24, 2.45) is 22.2 Å². The van der Waals surface area contributed by atoms with E-state index in [2.05, 4.69) is 101 Å². The molecule has 0 aromatic heterocycles. The van der Waals surface area contributed by atoms with Gasteiger partial charge < -0.3 is 22.1 Å². The van der Waals surface area contributed by atoms with Crippen molar-refractivity contribution < 1.29 is 4.79 Å². The largest absolute Gasteiger partial charge is 0.370 e. The molecule has 1 aliphatic heterocycles. The van der Waals surface area contributed by atoms with E-state index in [0.717, 1.165) is 43.3 Å². The van der Waals surface area contributed by atoms with Gasteiger partial charge in [-0.15, -0.1) is 0 Å². The summed E-state index contributed by atoms with van der Waals surface area (Å²) in [7, 11) is 0. The second-order valence-electron chi connectivity index (χ2n) is 12.3. The van der Waals surface area contributed by atoms with Crippen LogP contribution in [0, 0.1) is 13.8 Å². The first-order valence-electron chi connectivity index (χ1n) is 15.7. The number of aliphatic imine (C=N–C) groups is 1. The summed E-state index contributed by atoms with van der Waals surface area (Å²) in [4.78, 5) is 22.9. The highest BCUT2D eigenvalue weighted by Gasteiger charge is 2.36. The molecule has 1 fully saturated rings. The van der Waals surface area contributed by atoms with Crippen molar-refractivity contribution in [1.82, 2.24) is 9.80 Å². The minimum atomic E-state index is -0.0424. The van der Waals surface area contributed by atoms with Gasteiger partial charge in [-0.25, -0.2) is 0 Å². The number of nitrogens with two attached hydrogens (primary N) is 3. The SMILES string of the molecule is Cc1ccc(C[C@@H](N)CN2C[C@@H](Cc3ccccc3)N(C(=O)Cc3ccc4ccccc4c3)C[C@@H]2CCN=C(N)N)c(C)c1. The standard InChI is InChI=1S/C37H46N6O/c1-26-12-14-31(27(2)18-26)22-33(38)23-42-24-35(20-28-8-4-3-5-9-28)43(25-34(42)16-17-41-37(39)40)36(44)21-29-13-15-30-10-6-7-11-32(30)19-29/h3-15,18-19,33-35H,16-17,20-25,38H2,1-2H3,(H4,39,40,41)/t33-,34+,35-/m1/s1. The zero-order chi connectivity index (χ0) is 31.1. The molecule has 230 valence electrons. The number of carbonyl (C=O) groups excluding carboxylic acids is 1. The molecule has 0 aliphatic carbocycles. The van der Waals surface area contributed by atoms with Crippen molar-refractivity contribution in [2.75, 3.05) is 26.2 Å². The molecule has 4 aromatic carbocycles. The molecule has 1 heterocycles. The van der Waals surface area contributed by atoms with Crippen molar-refractivity contribution in [1.29, 1.82) is 0 Å². The van der Waals surface area contributed by atoms with E-state index >= 15 is 0 Å². The molecule has 0 bridgehead atoms. The zero-order valence-electron chi connectivity index (χ0n) is 26.0. The Bertz CT molecular complexity index is 1580. The maximum atomic E-state index is 14.1. The average molecular weight is 591 g/mol. The number of guanidine groups is 1. The lowest BCUT2D eigenvalue weighted by molar-refractivity contribution is -0.137. The van der Waals surface area contributed by atoms with Crippen molar-refractivity contribution in [2.45, 2.75) is 57.7 Å². The summed E-state index contributed by atoms with van der Waals surface area (Å²) in [6.07, 6.45) is 2.69. The number of hydrogen-bond acceptors (Lipinski definition) is 4. The van der Waals surface area contributed by atoms with Crippen LogP contribution in [0.2, 0.25) is 0 Å². The fourth-order valence-corrected chi connectivity index (χ4v) is 6.56. The smallest absolute Gasteiger partial charge is 0.227 e. The summed E-state index contributed by atoms with van der Waals surface area (Å²) in [5, 5.41) is 2.33. The monoisotopic (exact) mass is 590 g/mol. The van der Waals surface area contributed by atoms with Crippen LogP contribution < -0.4 is 17.2 Å². The van der Waals surface area contributed by atoms with Crippen molar-refractivity contribution in [3.8, 4) is 0 Å². The minimum Gasteiger partial charge on any atom is -0.370 e. The number of aryl methyl sites for hydroxylation is 2. The third kappa shape index (κ3) is 8.24. The summed E-state index contributed by atoms with van der Waals surface area (Å²) in [6, 6.07) is 31.7. The van der Waals surface area contributed by atoms with Crippen molar-refractivity contribution >= 4 is 22.6 Å². The van der Waals surface area contributed by atoms with Gasteiger partial charge >= 0.3 is 0 Å². The van der Waals surface area contributed by atoms with Gasteiger partial charge in [0.1, 0.15) is 0 Å². The fraction of sp³-hybridized carbons (Fsp3) is 0.351.